The van der Waals surface area contributed by atoms with E-state index in [9.17, 15) is 9.59 Å². The number of amides is 1. The minimum Gasteiger partial charge on any atom is -0.444 e. The molecule has 0 bridgehead atoms. The first-order valence-corrected chi connectivity index (χ1v) is 7.88. The Morgan fingerprint density at radius 2 is 2.04 bits per heavy atom. The predicted molar refractivity (Wildman–Crippen MR) is 85.6 cm³/mol. The van der Waals surface area contributed by atoms with Crippen molar-refractivity contribution in [2.45, 2.75) is 45.1 Å². The largest absolute Gasteiger partial charge is 0.444 e. The van der Waals surface area contributed by atoms with E-state index in [2.05, 4.69) is 10.1 Å². The molecule has 1 amide bonds. The van der Waals surface area contributed by atoms with E-state index >= 15 is 0 Å². The molecule has 0 aromatic carbocycles. The monoisotopic (exact) mass is 318 g/mol. The van der Waals surface area contributed by atoms with Crippen LogP contribution in [0, 0.1) is 0 Å². The molecule has 0 radical (unpaired) electrons. The Bertz CT molecular complexity index is 763. The van der Waals surface area contributed by atoms with Gasteiger partial charge in [0.2, 0.25) is 0 Å². The summed E-state index contributed by atoms with van der Waals surface area (Å²) in [5.41, 5.74) is 1.02. The van der Waals surface area contributed by atoms with Crippen LogP contribution in [0.2, 0.25) is 0 Å². The maximum atomic E-state index is 12.1. The van der Waals surface area contributed by atoms with Crippen molar-refractivity contribution in [1.29, 1.82) is 0 Å². The van der Waals surface area contributed by atoms with Gasteiger partial charge in [0.05, 0.1) is 0 Å². The van der Waals surface area contributed by atoms with Crippen molar-refractivity contribution in [3.05, 3.63) is 34.4 Å². The first-order chi connectivity index (χ1) is 10.8. The minimum absolute atomic E-state index is 0.118. The van der Waals surface area contributed by atoms with Crippen LogP contribution in [0.3, 0.4) is 0 Å². The number of ether oxygens (including phenoxy) is 1. The molecule has 2 aromatic heterocycles. The van der Waals surface area contributed by atoms with Crippen LogP contribution in [0.25, 0.3) is 5.65 Å². The van der Waals surface area contributed by atoms with Crippen molar-refractivity contribution in [1.82, 2.24) is 19.5 Å². The molecular formula is C16H22N4O3. The van der Waals surface area contributed by atoms with Crippen LogP contribution in [0.4, 0.5) is 4.79 Å². The van der Waals surface area contributed by atoms with E-state index in [4.69, 9.17) is 4.74 Å². The van der Waals surface area contributed by atoms with Crippen molar-refractivity contribution in [3.63, 3.8) is 0 Å². The molecule has 23 heavy (non-hydrogen) atoms. The maximum absolute atomic E-state index is 12.1. The number of carbonyl (C=O) groups is 1. The lowest BCUT2D eigenvalue weighted by Crippen LogP contribution is -2.41. The minimum atomic E-state index is -0.474. The number of likely N-dealkylation sites (tertiary alicyclic amines) is 1. The van der Waals surface area contributed by atoms with Gasteiger partial charge in [-0.3, -0.25) is 9.89 Å². The second-order valence-corrected chi connectivity index (χ2v) is 6.93. The normalized spacial score (nSPS) is 16.7. The van der Waals surface area contributed by atoms with E-state index in [1.165, 1.54) is 16.8 Å². The van der Waals surface area contributed by atoms with Crippen molar-refractivity contribution < 1.29 is 9.53 Å². The fourth-order valence-corrected chi connectivity index (χ4v) is 2.85. The van der Waals surface area contributed by atoms with Crippen molar-refractivity contribution >= 4 is 11.7 Å². The number of nitrogens with zero attached hydrogens (tertiary/aromatic N) is 3. The average Bonchev–Trinajstić information content (AvgIpc) is 2.91. The molecule has 1 saturated heterocycles. The molecule has 3 heterocycles. The number of hydrogen-bond donors (Lipinski definition) is 1. The highest BCUT2D eigenvalue weighted by molar-refractivity contribution is 5.68. The van der Waals surface area contributed by atoms with E-state index in [0.717, 1.165) is 18.5 Å². The molecule has 1 fully saturated rings. The third-order valence-electron chi connectivity index (χ3n) is 3.99. The number of aromatic nitrogens is 3. The van der Waals surface area contributed by atoms with Gasteiger partial charge in [0.15, 0.2) is 5.65 Å². The fourth-order valence-electron chi connectivity index (χ4n) is 2.85. The van der Waals surface area contributed by atoms with Gasteiger partial charge in [0.1, 0.15) is 5.60 Å². The number of fused-ring (bicyclic) bond motifs is 1. The summed E-state index contributed by atoms with van der Waals surface area (Å²) in [5, 5.41) is 3.12. The topological polar surface area (TPSA) is 79.7 Å². The summed E-state index contributed by atoms with van der Waals surface area (Å²) in [7, 11) is 0. The van der Waals surface area contributed by atoms with Crippen molar-refractivity contribution in [2.24, 2.45) is 0 Å². The van der Waals surface area contributed by atoms with Crippen molar-refractivity contribution in [3.8, 4) is 0 Å². The standard InChI is InChI=1S/C16H22N4O3/c1-16(2,3)23-15(22)19-8-5-11(6-9-19)12-10-13-17-7-4-14(21)20(13)18-12/h4,7,10-11,18H,5-6,8-9H2,1-3H3. The Morgan fingerprint density at radius 3 is 2.65 bits per heavy atom. The zero-order valence-corrected chi connectivity index (χ0v) is 13.7. The van der Waals surface area contributed by atoms with Crippen LogP contribution in [0.5, 0.6) is 0 Å². The van der Waals surface area contributed by atoms with Crippen LogP contribution >= 0.6 is 0 Å². The third kappa shape index (κ3) is 3.38. The SMILES string of the molecule is CC(C)(C)OC(=O)N1CCC(c2cc3nccc(=O)n3[nH]2)CC1. The van der Waals surface area contributed by atoms with Gasteiger partial charge in [-0.05, 0) is 33.6 Å². The summed E-state index contributed by atoms with van der Waals surface area (Å²) < 4.78 is 6.86. The summed E-state index contributed by atoms with van der Waals surface area (Å²) in [6, 6.07) is 3.34. The number of piperidine rings is 1. The van der Waals surface area contributed by atoms with E-state index in [1.54, 1.807) is 4.90 Å². The zero-order valence-electron chi connectivity index (χ0n) is 13.7. The molecule has 0 aliphatic carbocycles. The summed E-state index contributed by atoms with van der Waals surface area (Å²) in [6.07, 6.45) is 2.92. The summed E-state index contributed by atoms with van der Waals surface area (Å²) in [5.74, 6) is 0.287. The van der Waals surface area contributed by atoms with Crippen LogP contribution in [0.1, 0.15) is 45.2 Å². The summed E-state index contributed by atoms with van der Waals surface area (Å²) >= 11 is 0. The van der Waals surface area contributed by atoms with E-state index in [0.29, 0.717) is 18.7 Å². The van der Waals surface area contributed by atoms with Gasteiger partial charge in [0, 0.05) is 43.0 Å². The highest BCUT2D eigenvalue weighted by atomic mass is 16.6. The average molecular weight is 318 g/mol. The molecule has 1 aliphatic heterocycles. The lowest BCUT2D eigenvalue weighted by atomic mass is 9.94. The predicted octanol–water partition coefficient (Wildman–Crippen LogP) is 2.14. The maximum Gasteiger partial charge on any atom is 0.410 e. The summed E-state index contributed by atoms with van der Waals surface area (Å²) in [4.78, 5) is 29.8. The van der Waals surface area contributed by atoms with Gasteiger partial charge >= 0.3 is 6.09 Å². The number of rotatable bonds is 1. The lowest BCUT2D eigenvalue weighted by Gasteiger charge is -2.33. The van der Waals surface area contributed by atoms with Gasteiger partial charge in [0.25, 0.3) is 5.56 Å². The molecule has 0 atom stereocenters. The van der Waals surface area contributed by atoms with E-state index < -0.39 is 5.60 Å². The Labute approximate surface area is 134 Å². The van der Waals surface area contributed by atoms with Gasteiger partial charge in [-0.2, -0.15) is 0 Å². The Balaban J connectivity index is 1.67. The second-order valence-electron chi connectivity index (χ2n) is 6.93. The molecule has 0 saturated carbocycles. The molecular weight excluding hydrogens is 296 g/mol. The summed E-state index contributed by atoms with van der Waals surface area (Å²) in [6.45, 7) is 6.90. The van der Waals surface area contributed by atoms with E-state index in [1.807, 2.05) is 26.8 Å². The molecule has 0 unspecified atom stereocenters. The Morgan fingerprint density at radius 1 is 1.35 bits per heavy atom. The molecule has 7 heteroatoms. The molecule has 3 rings (SSSR count). The highest BCUT2D eigenvalue weighted by Crippen LogP contribution is 2.28. The molecule has 124 valence electrons. The number of hydrogen-bond acceptors (Lipinski definition) is 4. The van der Waals surface area contributed by atoms with Crippen LogP contribution < -0.4 is 5.56 Å². The molecule has 1 N–H and O–H groups in total. The Hall–Kier alpha value is -2.31. The van der Waals surface area contributed by atoms with Crippen LogP contribution in [-0.2, 0) is 4.74 Å². The van der Waals surface area contributed by atoms with Gasteiger partial charge < -0.3 is 9.64 Å². The number of nitrogens with one attached hydrogen (secondary N) is 1. The van der Waals surface area contributed by atoms with Crippen LogP contribution in [-0.4, -0.2) is 44.3 Å². The lowest BCUT2D eigenvalue weighted by molar-refractivity contribution is 0.0204. The number of carbonyl (C=O) groups excluding carboxylic acids is 1. The molecule has 2 aromatic rings. The molecule has 1 aliphatic rings. The van der Waals surface area contributed by atoms with E-state index in [-0.39, 0.29) is 17.6 Å². The number of H-pyrrole nitrogens is 1. The van der Waals surface area contributed by atoms with Gasteiger partial charge in [-0.25, -0.2) is 14.3 Å². The van der Waals surface area contributed by atoms with Crippen molar-refractivity contribution in [2.75, 3.05) is 13.1 Å². The van der Waals surface area contributed by atoms with Crippen LogP contribution in [0.15, 0.2) is 23.1 Å². The molecule has 0 spiro atoms. The third-order valence-corrected chi connectivity index (χ3v) is 3.99. The number of aromatic amines is 1. The highest BCUT2D eigenvalue weighted by Gasteiger charge is 2.28. The molecule has 7 nitrogen and oxygen atoms in total. The van der Waals surface area contributed by atoms with Gasteiger partial charge in [-0.15, -0.1) is 0 Å². The first kappa shape index (κ1) is 15.6. The van der Waals surface area contributed by atoms with Gasteiger partial charge in [-0.1, -0.05) is 0 Å². The Kier molecular flexibility index (Phi) is 3.87. The smallest absolute Gasteiger partial charge is 0.410 e. The second kappa shape index (κ2) is 5.72. The zero-order chi connectivity index (χ0) is 16.6. The quantitative estimate of drug-likeness (QED) is 0.873. The first-order valence-electron chi connectivity index (χ1n) is 7.88. The fraction of sp³-hybridized carbons (Fsp3) is 0.562.